The lowest BCUT2D eigenvalue weighted by Gasteiger charge is -2.32. The van der Waals surface area contributed by atoms with E-state index in [1.165, 1.54) is 24.8 Å². The maximum Gasteiger partial charge on any atom is 0.161 e. The molecule has 1 aromatic carbocycles. The van der Waals surface area contributed by atoms with Gasteiger partial charge in [0, 0.05) is 19.0 Å². The lowest BCUT2D eigenvalue weighted by atomic mass is 9.80. The molecule has 1 aliphatic heterocycles. The summed E-state index contributed by atoms with van der Waals surface area (Å²) >= 11 is 0. The Morgan fingerprint density at radius 3 is 2.68 bits per heavy atom. The van der Waals surface area contributed by atoms with Crippen LogP contribution in [0.3, 0.4) is 0 Å². The van der Waals surface area contributed by atoms with E-state index in [0.29, 0.717) is 6.04 Å². The van der Waals surface area contributed by atoms with Crippen molar-refractivity contribution < 1.29 is 9.47 Å². The van der Waals surface area contributed by atoms with Gasteiger partial charge in [0.2, 0.25) is 0 Å². The van der Waals surface area contributed by atoms with Crippen molar-refractivity contribution in [3.63, 3.8) is 0 Å². The maximum atomic E-state index is 5.72. The molecule has 104 valence electrons. The highest BCUT2D eigenvalue weighted by Crippen LogP contribution is 2.31. The van der Waals surface area contributed by atoms with E-state index in [2.05, 4.69) is 24.4 Å². The summed E-state index contributed by atoms with van der Waals surface area (Å²) in [6.45, 7) is 4.72. The van der Waals surface area contributed by atoms with Crippen LogP contribution in [0.4, 0.5) is 0 Å². The summed E-state index contributed by atoms with van der Waals surface area (Å²) in [6.07, 6.45) is 5.13. The molecule has 19 heavy (non-hydrogen) atoms. The summed E-state index contributed by atoms with van der Waals surface area (Å²) in [5.41, 5.74) is 1.27. The fourth-order valence-corrected chi connectivity index (χ4v) is 2.70. The van der Waals surface area contributed by atoms with Crippen LogP contribution in [0.1, 0.15) is 38.2 Å². The third-order valence-electron chi connectivity index (χ3n) is 4.30. The molecule has 1 saturated carbocycles. The Labute approximate surface area is 115 Å². The van der Waals surface area contributed by atoms with Crippen LogP contribution >= 0.6 is 0 Å². The fourth-order valence-electron chi connectivity index (χ4n) is 2.70. The van der Waals surface area contributed by atoms with E-state index in [0.717, 1.165) is 43.6 Å². The second-order valence-corrected chi connectivity index (χ2v) is 5.69. The molecular formula is C16H23NO2. The van der Waals surface area contributed by atoms with Gasteiger partial charge in [-0.3, -0.25) is 0 Å². The number of ether oxygens (including phenoxy) is 2. The second-order valence-electron chi connectivity index (χ2n) is 5.69. The van der Waals surface area contributed by atoms with E-state index in [1.54, 1.807) is 0 Å². The minimum Gasteiger partial charge on any atom is -0.490 e. The Bertz CT molecular complexity index is 429. The summed E-state index contributed by atoms with van der Waals surface area (Å²) in [7, 11) is 0. The summed E-state index contributed by atoms with van der Waals surface area (Å²) in [5.74, 6) is 2.65. The van der Waals surface area contributed by atoms with Crippen LogP contribution in [0.5, 0.6) is 11.5 Å². The van der Waals surface area contributed by atoms with Gasteiger partial charge in [0.25, 0.3) is 0 Å². The highest BCUT2D eigenvalue weighted by atomic mass is 16.5. The number of rotatable bonds is 4. The van der Waals surface area contributed by atoms with E-state index in [9.17, 15) is 0 Å². The van der Waals surface area contributed by atoms with Crippen molar-refractivity contribution in [2.45, 2.75) is 45.2 Å². The van der Waals surface area contributed by atoms with Crippen LogP contribution < -0.4 is 14.8 Å². The number of benzene rings is 1. The third kappa shape index (κ3) is 3.03. The van der Waals surface area contributed by atoms with Gasteiger partial charge < -0.3 is 14.8 Å². The minimum absolute atomic E-state index is 0.615. The van der Waals surface area contributed by atoms with Gasteiger partial charge in [0.05, 0.1) is 13.2 Å². The van der Waals surface area contributed by atoms with Crippen LogP contribution in [0.25, 0.3) is 0 Å². The molecule has 1 atom stereocenters. The number of nitrogens with one attached hydrogen (secondary N) is 1. The first-order valence-electron chi connectivity index (χ1n) is 7.45. The van der Waals surface area contributed by atoms with Crippen LogP contribution in [0.15, 0.2) is 18.2 Å². The van der Waals surface area contributed by atoms with E-state index in [-0.39, 0.29) is 0 Å². The Morgan fingerprint density at radius 2 is 1.95 bits per heavy atom. The van der Waals surface area contributed by atoms with Gasteiger partial charge in [-0.25, -0.2) is 0 Å². The Morgan fingerprint density at radius 1 is 1.16 bits per heavy atom. The van der Waals surface area contributed by atoms with Gasteiger partial charge in [0.15, 0.2) is 11.5 Å². The van der Waals surface area contributed by atoms with Gasteiger partial charge in [-0.1, -0.05) is 12.5 Å². The maximum absolute atomic E-state index is 5.72. The molecule has 0 bridgehead atoms. The molecule has 1 heterocycles. The highest BCUT2D eigenvalue weighted by Gasteiger charge is 2.23. The van der Waals surface area contributed by atoms with Crippen molar-refractivity contribution in [1.29, 1.82) is 0 Å². The zero-order valence-corrected chi connectivity index (χ0v) is 11.7. The molecular weight excluding hydrogens is 238 g/mol. The number of hydrogen-bond acceptors (Lipinski definition) is 3. The van der Waals surface area contributed by atoms with Crippen LogP contribution in [0, 0.1) is 5.92 Å². The highest BCUT2D eigenvalue weighted by molar-refractivity contribution is 5.43. The van der Waals surface area contributed by atoms with Gasteiger partial charge in [-0.15, -0.1) is 0 Å². The third-order valence-corrected chi connectivity index (χ3v) is 4.30. The monoisotopic (exact) mass is 261 g/mol. The van der Waals surface area contributed by atoms with Crippen molar-refractivity contribution >= 4 is 0 Å². The molecule has 1 aliphatic carbocycles. The van der Waals surface area contributed by atoms with Crippen LogP contribution in [-0.4, -0.2) is 19.3 Å². The smallest absolute Gasteiger partial charge is 0.161 e. The Hall–Kier alpha value is -1.22. The first kappa shape index (κ1) is 12.8. The zero-order valence-electron chi connectivity index (χ0n) is 11.7. The fraction of sp³-hybridized carbons (Fsp3) is 0.625. The van der Waals surface area contributed by atoms with Crippen molar-refractivity contribution in [3.8, 4) is 11.5 Å². The normalized spacial score (nSPS) is 20.5. The standard InChI is InChI=1S/C16H23NO2/c1-12(14-4-2-5-14)17-11-13-6-7-15-16(10-13)19-9-3-8-18-15/h6-7,10,12,14,17H,2-5,8-9,11H2,1H3. The summed E-state index contributed by atoms with van der Waals surface area (Å²) in [5, 5.41) is 3.63. The topological polar surface area (TPSA) is 30.5 Å². The van der Waals surface area contributed by atoms with Gasteiger partial charge in [-0.05, 0) is 43.4 Å². The molecule has 0 radical (unpaired) electrons. The molecule has 3 heteroatoms. The summed E-state index contributed by atoms with van der Waals surface area (Å²) in [6, 6.07) is 6.89. The van der Waals surface area contributed by atoms with E-state index < -0.39 is 0 Å². The van der Waals surface area contributed by atoms with Gasteiger partial charge in [-0.2, -0.15) is 0 Å². The largest absolute Gasteiger partial charge is 0.490 e. The van der Waals surface area contributed by atoms with Gasteiger partial charge in [0.1, 0.15) is 0 Å². The van der Waals surface area contributed by atoms with E-state index >= 15 is 0 Å². The molecule has 3 nitrogen and oxygen atoms in total. The molecule has 2 aliphatic rings. The lowest BCUT2D eigenvalue weighted by Crippen LogP contribution is -2.36. The number of hydrogen-bond donors (Lipinski definition) is 1. The SMILES string of the molecule is CC(NCc1ccc2c(c1)OCCCO2)C1CCC1. The van der Waals surface area contributed by atoms with Crippen LogP contribution in [0.2, 0.25) is 0 Å². The molecule has 3 rings (SSSR count). The molecule has 1 aromatic rings. The van der Waals surface area contributed by atoms with E-state index in [4.69, 9.17) is 9.47 Å². The molecule has 0 saturated heterocycles. The first-order chi connectivity index (χ1) is 9.33. The Kier molecular flexibility index (Phi) is 3.92. The number of fused-ring (bicyclic) bond motifs is 1. The van der Waals surface area contributed by atoms with E-state index in [1.807, 2.05) is 6.07 Å². The Balaban J connectivity index is 1.60. The van der Waals surface area contributed by atoms with Crippen molar-refractivity contribution in [2.75, 3.05) is 13.2 Å². The first-order valence-corrected chi connectivity index (χ1v) is 7.45. The molecule has 0 spiro atoms. The zero-order chi connectivity index (χ0) is 13.1. The summed E-state index contributed by atoms with van der Waals surface area (Å²) in [4.78, 5) is 0. The molecule has 0 aromatic heterocycles. The predicted molar refractivity (Wildman–Crippen MR) is 75.7 cm³/mol. The van der Waals surface area contributed by atoms with Crippen LogP contribution in [-0.2, 0) is 6.54 Å². The molecule has 1 unspecified atom stereocenters. The van der Waals surface area contributed by atoms with Crippen molar-refractivity contribution in [3.05, 3.63) is 23.8 Å². The quantitative estimate of drug-likeness (QED) is 0.903. The van der Waals surface area contributed by atoms with Gasteiger partial charge >= 0.3 is 0 Å². The average molecular weight is 261 g/mol. The molecule has 1 N–H and O–H groups in total. The van der Waals surface area contributed by atoms with Crippen molar-refractivity contribution in [2.24, 2.45) is 5.92 Å². The second kappa shape index (κ2) is 5.83. The predicted octanol–water partition coefficient (Wildman–Crippen LogP) is 3.13. The average Bonchev–Trinajstić information content (AvgIpc) is 2.58. The molecule has 0 amide bonds. The van der Waals surface area contributed by atoms with Crippen molar-refractivity contribution in [1.82, 2.24) is 5.32 Å². The molecule has 1 fully saturated rings. The lowest BCUT2D eigenvalue weighted by molar-refractivity contribution is 0.240. The summed E-state index contributed by atoms with van der Waals surface area (Å²) < 4.78 is 11.4. The minimum atomic E-state index is 0.615.